The highest BCUT2D eigenvalue weighted by molar-refractivity contribution is 5.74. The van der Waals surface area contributed by atoms with Crippen LogP contribution in [-0.2, 0) is 4.79 Å². The molecule has 1 aliphatic carbocycles. The van der Waals surface area contributed by atoms with Crippen LogP contribution in [0.5, 0.6) is 0 Å². The summed E-state index contributed by atoms with van der Waals surface area (Å²) in [5.74, 6) is 0.766. The van der Waals surface area contributed by atoms with Crippen LogP contribution in [0.15, 0.2) is 0 Å². The molecule has 0 spiro atoms. The molecule has 2 aliphatic rings. The summed E-state index contributed by atoms with van der Waals surface area (Å²) in [4.78, 5) is 10.8. The van der Waals surface area contributed by atoms with Gasteiger partial charge in [0.1, 0.15) is 6.04 Å². The Bertz CT molecular complexity index is 229. The molecule has 0 aromatic carbocycles. The fourth-order valence-electron chi connectivity index (χ4n) is 2.98. The van der Waals surface area contributed by atoms with E-state index in [1.54, 1.807) is 0 Å². The Labute approximate surface area is 84.9 Å². The van der Waals surface area contributed by atoms with Gasteiger partial charge in [-0.2, -0.15) is 0 Å². The van der Waals surface area contributed by atoms with Gasteiger partial charge < -0.3 is 10.4 Å². The summed E-state index contributed by atoms with van der Waals surface area (Å²) in [6.45, 7) is 2.23. The number of carbonyl (C=O) groups is 1. The average Bonchev–Trinajstić information content (AvgIpc) is 2.59. The van der Waals surface area contributed by atoms with Crippen molar-refractivity contribution in [3.05, 3.63) is 0 Å². The van der Waals surface area contributed by atoms with E-state index < -0.39 is 5.97 Å². The van der Waals surface area contributed by atoms with Gasteiger partial charge in [-0.25, -0.2) is 0 Å². The number of carboxylic acids is 1. The topological polar surface area (TPSA) is 49.3 Å². The fourth-order valence-corrected chi connectivity index (χ4v) is 2.98. The highest BCUT2D eigenvalue weighted by Gasteiger charge is 2.40. The van der Waals surface area contributed by atoms with Crippen LogP contribution in [0.3, 0.4) is 0 Å². The van der Waals surface area contributed by atoms with Crippen LogP contribution in [0.25, 0.3) is 0 Å². The lowest BCUT2D eigenvalue weighted by Gasteiger charge is -2.30. The largest absolute Gasteiger partial charge is 0.480 e. The van der Waals surface area contributed by atoms with Crippen molar-refractivity contribution < 1.29 is 9.90 Å². The average molecular weight is 197 g/mol. The van der Waals surface area contributed by atoms with Crippen molar-refractivity contribution in [3.8, 4) is 0 Å². The molecule has 0 amide bonds. The molecule has 3 nitrogen and oxygen atoms in total. The molecule has 1 saturated carbocycles. The lowest BCUT2D eigenvalue weighted by atomic mass is 9.78. The first-order chi connectivity index (χ1) is 6.70. The quantitative estimate of drug-likeness (QED) is 0.707. The number of hydrogen-bond acceptors (Lipinski definition) is 2. The van der Waals surface area contributed by atoms with Crippen LogP contribution in [-0.4, -0.2) is 23.2 Å². The van der Waals surface area contributed by atoms with Crippen LogP contribution < -0.4 is 5.32 Å². The third kappa shape index (κ3) is 1.78. The summed E-state index contributed by atoms with van der Waals surface area (Å²) in [5, 5.41) is 12.2. The van der Waals surface area contributed by atoms with Crippen molar-refractivity contribution in [1.29, 1.82) is 0 Å². The van der Waals surface area contributed by atoms with Crippen LogP contribution in [0.4, 0.5) is 0 Å². The van der Waals surface area contributed by atoms with Crippen molar-refractivity contribution in [2.75, 3.05) is 0 Å². The molecule has 3 heteroatoms. The van der Waals surface area contributed by atoms with Gasteiger partial charge in [0.25, 0.3) is 0 Å². The summed E-state index contributed by atoms with van der Waals surface area (Å²) >= 11 is 0. The second-order valence-electron chi connectivity index (χ2n) is 4.75. The molecule has 0 aromatic rings. The van der Waals surface area contributed by atoms with E-state index in [1.807, 2.05) is 0 Å². The molecule has 2 fully saturated rings. The lowest BCUT2D eigenvalue weighted by molar-refractivity contribution is -0.139. The summed E-state index contributed by atoms with van der Waals surface area (Å²) in [5.41, 5.74) is 0. The smallest absolute Gasteiger partial charge is 0.320 e. The molecule has 80 valence electrons. The van der Waals surface area contributed by atoms with Gasteiger partial charge >= 0.3 is 5.97 Å². The molecule has 1 saturated heterocycles. The predicted molar refractivity (Wildman–Crippen MR) is 54.1 cm³/mol. The van der Waals surface area contributed by atoms with Crippen molar-refractivity contribution in [1.82, 2.24) is 5.32 Å². The summed E-state index contributed by atoms with van der Waals surface area (Å²) < 4.78 is 0. The van der Waals surface area contributed by atoms with Gasteiger partial charge in [-0.1, -0.05) is 19.8 Å². The minimum Gasteiger partial charge on any atom is -0.480 e. The lowest BCUT2D eigenvalue weighted by Crippen LogP contribution is -2.38. The number of fused-ring (bicyclic) bond motifs is 1. The fraction of sp³-hybridized carbons (Fsp3) is 0.909. The molecule has 1 aliphatic heterocycles. The monoisotopic (exact) mass is 197 g/mol. The normalized spacial score (nSPS) is 42.1. The molecule has 1 heterocycles. The first-order valence-electron chi connectivity index (χ1n) is 5.69. The minimum atomic E-state index is -0.674. The Balaban J connectivity index is 1.95. The van der Waals surface area contributed by atoms with E-state index in [-0.39, 0.29) is 6.04 Å². The van der Waals surface area contributed by atoms with Crippen LogP contribution >= 0.6 is 0 Å². The van der Waals surface area contributed by atoms with E-state index in [9.17, 15) is 4.79 Å². The van der Waals surface area contributed by atoms with Gasteiger partial charge in [0.05, 0.1) is 0 Å². The molecular weight excluding hydrogens is 178 g/mol. The van der Waals surface area contributed by atoms with E-state index in [4.69, 9.17) is 5.11 Å². The van der Waals surface area contributed by atoms with Gasteiger partial charge in [-0.3, -0.25) is 4.79 Å². The van der Waals surface area contributed by atoms with E-state index in [0.717, 1.165) is 12.3 Å². The zero-order valence-corrected chi connectivity index (χ0v) is 8.70. The van der Waals surface area contributed by atoms with Crippen LogP contribution in [0.1, 0.15) is 39.0 Å². The number of carboxylic acid groups (broad SMARTS) is 1. The molecular formula is C11H19NO2. The number of aliphatic carboxylic acids is 1. The van der Waals surface area contributed by atoms with Crippen LogP contribution in [0.2, 0.25) is 0 Å². The number of nitrogens with one attached hydrogen (secondary N) is 1. The molecule has 0 bridgehead atoms. The molecule has 0 radical (unpaired) electrons. The second kappa shape index (κ2) is 3.89. The van der Waals surface area contributed by atoms with E-state index in [0.29, 0.717) is 12.0 Å². The maximum absolute atomic E-state index is 10.8. The zero-order chi connectivity index (χ0) is 10.1. The molecule has 2 N–H and O–H groups in total. The summed E-state index contributed by atoms with van der Waals surface area (Å²) in [6, 6.07) is 0.204. The highest BCUT2D eigenvalue weighted by atomic mass is 16.4. The van der Waals surface area contributed by atoms with Gasteiger partial charge in [-0.05, 0) is 31.1 Å². The van der Waals surface area contributed by atoms with Crippen molar-refractivity contribution in [2.24, 2.45) is 11.8 Å². The van der Waals surface area contributed by atoms with Gasteiger partial charge in [0.2, 0.25) is 0 Å². The first kappa shape index (κ1) is 9.97. The number of rotatable bonds is 2. The highest BCUT2D eigenvalue weighted by Crippen LogP contribution is 2.37. The molecule has 14 heavy (non-hydrogen) atoms. The van der Waals surface area contributed by atoms with E-state index in [1.165, 1.54) is 25.7 Å². The van der Waals surface area contributed by atoms with Gasteiger partial charge in [0, 0.05) is 6.04 Å². The molecule has 1 unspecified atom stereocenters. The molecule has 4 atom stereocenters. The van der Waals surface area contributed by atoms with E-state index in [2.05, 4.69) is 12.2 Å². The summed E-state index contributed by atoms with van der Waals surface area (Å²) in [7, 11) is 0. The third-order valence-corrected chi connectivity index (χ3v) is 3.93. The number of hydrogen-bond donors (Lipinski definition) is 2. The van der Waals surface area contributed by atoms with Gasteiger partial charge in [0.15, 0.2) is 0 Å². The zero-order valence-electron chi connectivity index (χ0n) is 8.70. The Hall–Kier alpha value is -0.570. The predicted octanol–water partition coefficient (Wildman–Crippen LogP) is 1.63. The van der Waals surface area contributed by atoms with Crippen molar-refractivity contribution in [3.63, 3.8) is 0 Å². The second-order valence-corrected chi connectivity index (χ2v) is 4.75. The first-order valence-corrected chi connectivity index (χ1v) is 5.69. The standard InChI is InChI=1S/C11H19NO2/c1-2-7-3-4-8-6-10(11(13)14)12-9(8)5-7/h7-10,12H,2-6H2,1H3,(H,13,14)/t7?,8-,9-,10+/m1/s1. The van der Waals surface area contributed by atoms with E-state index >= 15 is 0 Å². The van der Waals surface area contributed by atoms with Crippen LogP contribution in [0, 0.1) is 11.8 Å². The molecule has 2 rings (SSSR count). The maximum Gasteiger partial charge on any atom is 0.320 e. The third-order valence-electron chi connectivity index (χ3n) is 3.93. The van der Waals surface area contributed by atoms with Crippen molar-refractivity contribution >= 4 is 5.97 Å². The minimum absolute atomic E-state index is 0.277. The SMILES string of the molecule is CCC1CC[C@@H]2C[C@@H](C(=O)O)N[C@@H]2C1. The van der Waals surface area contributed by atoms with Gasteiger partial charge in [-0.15, -0.1) is 0 Å². The van der Waals surface area contributed by atoms with Crippen molar-refractivity contribution in [2.45, 2.75) is 51.1 Å². The molecule has 0 aromatic heterocycles. The Morgan fingerprint density at radius 3 is 2.86 bits per heavy atom. The Morgan fingerprint density at radius 1 is 1.43 bits per heavy atom. The Kier molecular flexibility index (Phi) is 2.77. The summed E-state index contributed by atoms with van der Waals surface area (Å²) in [6.07, 6.45) is 5.79. The Morgan fingerprint density at radius 2 is 2.21 bits per heavy atom. The maximum atomic E-state index is 10.8.